The Balaban J connectivity index is 2.07. The highest BCUT2D eigenvalue weighted by molar-refractivity contribution is 5.23. The summed E-state index contributed by atoms with van der Waals surface area (Å²) in [5.74, 6) is 0. The molecular formula is C10H16N6. The molecule has 2 aromatic rings. The highest BCUT2D eigenvalue weighted by Gasteiger charge is 2.04. The number of nitrogens with one attached hydrogen (secondary N) is 1. The van der Waals surface area contributed by atoms with Crippen LogP contribution in [0.4, 0.5) is 0 Å². The van der Waals surface area contributed by atoms with Crippen LogP contribution in [0.25, 0.3) is 5.69 Å². The molecule has 0 aliphatic rings. The van der Waals surface area contributed by atoms with E-state index in [4.69, 9.17) is 0 Å². The van der Waals surface area contributed by atoms with Crippen molar-refractivity contribution < 1.29 is 0 Å². The fraction of sp³-hybridized carbons (Fsp3) is 0.500. The van der Waals surface area contributed by atoms with Gasteiger partial charge in [-0.1, -0.05) is 19.1 Å². The minimum atomic E-state index is 0.448. The van der Waals surface area contributed by atoms with Gasteiger partial charge in [0.1, 0.15) is 5.69 Å². The Hall–Kier alpha value is -1.69. The maximum absolute atomic E-state index is 4.09. The smallest absolute Gasteiger partial charge is 0.104 e. The lowest BCUT2D eigenvalue weighted by Crippen LogP contribution is -2.21. The molecule has 0 spiro atoms. The van der Waals surface area contributed by atoms with Gasteiger partial charge >= 0.3 is 0 Å². The topological polar surface area (TPSA) is 60.6 Å². The highest BCUT2D eigenvalue weighted by Crippen LogP contribution is 2.04. The highest BCUT2D eigenvalue weighted by atomic mass is 15.4. The van der Waals surface area contributed by atoms with E-state index >= 15 is 0 Å². The maximum atomic E-state index is 4.09. The molecule has 2 aromatic heterocycles. The molecule has 0 radical (unpaired) electrons. The summed E-state index contributed by atoms with van der Waals surface area (Å²) < 4.78 is 3.47. The van der Waals surface area contributed by atoms with E-state index in [1.54, 1.807) is 15.6 Å². The first-order valence-electron chi connectivity index (χ1n) is 5.29. The molecule has 0 unspecified atom stereocenters. The van der Waals surface area contributed by atoms with Crippen LogP contribution < -0.4 is 5.32 Å². The first-order valence-corrected chi connectivity index (χ1v) is 5.29. The molecule has 0 saturated carbocycles. The summed E-state index contributed by atoms with van der Waals surface area (Å²) in [6.45, 7) is 4.94. The molecule has 0 amide bonds. The summed E-state index contributed by atoms with van der Waals surface area (Å²) in [6, 6.07) is 0.448. The third-order valence-electron chi connectivity index (χ3n) is 2.19. The minimum Gasteiger partial charge on any atom is -0.309 e. The normalized spacial score (nSPS) is 11.2. The van der Waals surface area contributed by atoms with Crippen molar-refractivity contribution in [1.29, 1.82) is 0 Å². The lowest BCUT2D eigenvalue weighted by molar-refractivity contribution is 0.580. The number of nitrogens with zero attached hydrogens (tertiary/aromatic N) is 5. The van der Waals surface area contributed by atoms with Crippen LogP contribution in [0.15, 0.2) is 18.6 Å². The zero-order valence-electron chi connectivity index (χ0n) is 9.75. The predicted octanol–water partition coefficient (Wildman–Crippen LogP) is 0.499. The molecule has 1 N–H and O–H groups in total. The molecule has 0 fully saturated rings. The van der Waals surface area contributed by atoms with Crippen molar-refractivity contribution in [3.8, 4) is 5.69 Å². The van der Waals surface area contributed by atoms with Gasteiger partial charge in [-0.15, -0.1) is 5.10 Å². The Morgan fingerprint density at radius 2 is 2.19 bits per heavy atom. The molecule has 0 aromatic carbocycles. The average Bonchev–Trinajstić information content (AvgIpc) is 2.83. The second-order valence-corrected chi connectivity index (χ2v) is 4.06. The number of aromatic nitrogens is 5. The average molecular weight is 220 g/mol. The van der Waals surface area contributed by atoms with Gasteiger partial charge in [0.05, 0.1) is 24.3 Å². The van der Waals surface area contributed by atoms with E-state index in [1.165, 1.54) is 0 Å². The molecule has 2 rings (SSSR count). The largest absolute Gasteiger partial charge is 0.309 e. The Kier molecular flexibility index (Phi) is 3.00. The predicted molar refractivity (Wildman–Crippen MR) is 60.1 cm³/mol. The lowest BCUT2D eigenvalue weighted by atomic mass is 10.3. The van der Waals surface area contributed by atoms with Crippen LogP contribution in [0.3, 0.4) is 0 Å². The molecule has 0 aliphatic carbocycles. The van der Waals surface area contributed by atoms with Gasteiger partial charge in [0.2, 0.25) is 0 Å². The fourth-order valence-electron chi connectivity index (χ4n) is 1.34. The van der Waals surface area contributed by atoms with Crippen molar-refractivity contribution in [2.75, 3.05) is 0 Å². The van der Waals surface area contributed by atoms with Gasteiger partial charge in [-0.2, -0.15) is 5.10 Å². The van der Waals surface area contributed by atoms with E-state index in [0.717, 1.165) is 17.9 Å². The Morgan fingerprint density at radius 1 is 1.38 bits per heavy atom. The Bertz CT molecular complexity index is 455. The molecule has 16 heavy (non-hydrogen) atoms. The van der Waals surface area contributed by atoms with Crippen LogP contribution in [0.5, 0.6) is 0 Å². The molecule has 2 heterocycles. The van der Waals surface area contributed by atoms with Crippen LogP contribution in [0, 0.1) is 0 Å². The van der Waals surface area contributed by atoms with E-state index in [1.807, 2.05) is 19.4 Å². The summed E-state index contributed by atoms with van der Waals surface area (Å²) in [7, 11) is 1.88. The maximum Gasteiger partial charge on any atom is 0.104 e. The molecule has 86 valence electrons. The number of hydrogen-bond acceptors (Lipinski definition) is 4. The van der Waals surface area contributed by atoms with E-state index in [-0.39, 0.29) is 0 Å². The molecule has 0 bridgehead atoms. The zero-order chi connectivity index (χ0) is 11.5. The molecular weight excluding hydrogens is 204 g/mol. The van der Waals surface area contributed by atoms with Gasteiger partial charge in [0, 0.05) is 19.6 Å². The van der Waals surface area contributed by atoms with Gasteiger partial charge < -0.3 is 5.32 Å². The van der Waals surface area contributed by atoms with Gasteiger partial charge in [-0.05, 0) is 0 Å². The summed E-state index contributed by atoms with van der Waals surface area (Å²) in [4.78, 5) is 0. The summed E-state index contributed by atoms with van der Waals surface area (Å²) in [5.41, 5.74) is 1.85. The third kappa shape index (κ3) is 2.46. The molecule has 0 aliphatic heterocycles. The molecule has 6 heteroatoms. The second-order valence-electron chi connectivity index (χ2n) is 4.06. The summed E-state index contributed by atoms with van der Waals surface area (Å²) in [6.07, 6.45) is 5.56. The molecule has 0 saturated heterocycles. The van der Waals surface area contributed by atoms with Gasteiger partial charge in [0.15, 0.2) is 0 Å². The lowest BCUT2D eigenvalue weighted by Gasteiger charge is -2.03. The van der Waals surface area contributed by atoms with Crippen LogP contribution >= 0.6 is 0 Å². The number of hydrogen-bond donors (Lipinski definition) is 1. The molecule has 0 atom stereocenters. The van der Waals surface area contributed by atoms with Crippen LogP contribution in [0.2, 0.25) is 0 Å². The number of aryl methyl sites for hydroxylation is 1. The SMILES string of the molecule is CC(C)NCc1cn(-c2cnn(C)c2)nn1. The van der Waals surface area contributed by atoms with Gasteiger partial charge in [-0.3, -0.25) is 4.68 Å². The monoisotopic (exact) mass is 220 g/mol. The van der Waals surface area contributed by atoms with Crippen molar-refractivity contribution in [2.24, 2.45) is 7.05 Å². The van der Waals surface area contributed by atoms with Crippen molar-refractivity contribution in [3.05, 3.63) is 24.3 Å². The molecule has 6 nitrogen and oxygen atoms in total. The summed E-state index contributed by atoms with van der Waals surface area (Å²) >= 11 is 0. The first kappa shape index (κ1) is 10.8. The van der Waals surface area contributed by atoms with Gasteiger partial charge in [0.25, 0.3) is 0 Å². The van der Waals surface area contributed by atoms with Crippen molar-refractivity contribution in [2.45, 2.75) is 26.4 Å². The zero-order valence-corrected chi connectivity index (χ0v) is 9.75. The van der Waals surface area contributed by atoms with Gasteiger partial charge in [-0.25, -0.2) is 4.68 Å². The van der Waals surface area contributed by atoms with Crippen molar-refractivity contribution in [3.63, 3.8) is 0 Å². The van der Waals surface area contributed by atoms with Crippen LogP contribution in [-0.4, -0.2) is 30.8 Å². The van der Waals surface area contributed by atoms with Crippen LogP contribution in [-0.2, 0) is 13.6 Å². The van der Waals surface area contributed by atoms with E-state index in [2.05, 4.69) is 34.6 Å². The van der Waals surface area contributed by atoms with E-state index in [9.17, 15) is 0 Å². The Morgan fingerprint density at radius 3 is 2.81 bits per heavy atom. The van der Waals surface area contributed by atoms with Crippen molar-refractivity contribution >= 4 is 0 Å². The van der Waals surface area contributed by atoms with E-state index < -0.39 is 0 Å². The van der Waals surface area contributed by atoms with Crippen molar-refractivity contribution in [1.82, 2.24) is 30.1 Å². The quantitative estimate of drug-likeness (QED) is 0.815. The van der Waals surface area contributed by atoms with Crippen LogP contribution in [0.1, 0.15) is 19.5 Å². The Labute approximate surface area is 94.3 Å². The second kappa shape index (κ2) is 4.44. The summed E-state index contributed by atoms with van der Waals surface area (Å²) in [5, 5.41) is 15.5. The number of rotatable bonds is 4. The van der Waals surface area contributed by atoms with E-state index in [0.29, 0.717) is 6.04 Å². The first-order chi connectivity index (χ1) is 7.65. The fourth-order valence-corrected chi connectivity index (χ4v) is 1.34. The minimum absolute atomic E-state index is 0.448. The standard InChI is InChI=1S/C10H16N6/c1-8(2)11-4-9-6-16(14-13-9)10-5-12-15(3)7-10/h5-8,11H,4H2,1-3H3. The third-order valence-corrected chi connectivity index (χ3v) is 2.19.